The molecule has 0 radical (unpaired) electrons. The second kappa shape index (κ2) is 52.5. The fourth-order valence-electron chi connectivity index (χ4n) is 8.94. The summed E-state index contributed by atoms with van der Waals surface area (Å²) in [5.74, 6) is -0.198. The molecule has 73 heavy (non-hydrogen) atoms. The summed E-state index contributed by atoms with van der Waals surface area (Å²) in [4.78, 5) is 13.1. The maximum Gasteiger partial charge on any atom is 0.220 e. The van der Waals surface area contributed by atoms with Crippen molar-refractivity contribution in [2.45, 2.75) is 288 Å². The smallest absolute Gasteiger partial charge is 0.220 e. The standard InChI is InChI=1S/C64H111NO8/c1-3-5-7-9-11-13-15-17-19-21-23-25-27-28-29-30-32-34-36-38-40-42-44-46-48-50-52-54-60(68)65-57(56-72-64-63(71)62(70)61(69)59(55-66)73-64)58(67)53-51-49-47-45-43-41-39-37-35-33-31-26-24-22-20-18-16-14-12-10-8-6-4-2/h5,7,11,13,17,19,23,25,28-29,32,34,43,45,51,53,57-59,61-64,66-67,69-71H,3-4,6,8-10,12,14-16,18,20-22,24,26-27,30-31,33,35-42,44,46-50,52,54-56H2,1-2H3,(H,65,68)/b7-5-,13-11-,19-17-,25-23-,29-28-,34-32-,45-43+,53-51+. The molecule has 0 aromatic heterocycles. The number of hydrogen-bond donors (Lipinski definition) is 6. The maximum atomic E-state index is 13.1. The Morgan fingerprint density at radius 2 is 0.863 bits per heavy atom. The van der Waals surface area contributed by atoms with Crippen molar-refractivity contribution < 1.29 is 39.8 Å². The Morgan fingerprint density at radius 1 is 0.479 bits per heavy atom. The zero-order chi connectivity index (χ0) is 52.9. The predicted molar refractivity (Wildman–Crippen MR) is 308 cm³/mol. The third-order valence-electron chi connectivity index (χ3n) is 13.6. The van der Waals surface area contributed by atoms with E-state index >= 15 is 0 Å². The quantitative estimate of drug-likeness (QED) is 0.0261. The molecule has 0 spiro atoms. The van der Waals surface area contributed by atoms with Crippen molar-refractivity contribution in [1.29, 1.82) is 0 Å². The number of aliphatic hydroxyl groups is 5. The van der Waals surface area contributed by atoms with Crippen LogP contribution < -0.4 is 5.32 Å². The molecule has 1 heterocycles. The first-order chi connectivity index (χ1) is 35.8. The van der Waals surface area contributed by atoms with E-state index in [0.29, 0.717) is 6.42 Å². The van der Waals surface area contributed by atoms with Crippen molar-refractivity contribution in [1.82, 2.24) is 5.32 Å². The van der Waals surface area contributed by atoms with Gasteiger partial charge in [-0.05, 0) is 83.5 Å². The molecule has 6 N–H and O–H groups in total. The van der Waals surface area contributed by atoms with Crippen LogP contribution in [-0.4, -0.2) is 87.5 Å². The minimum absolute atomic E-state index is 0.198. The first-order valence-electron chi connectivity index (χ1n) is 30.0. The van der Waals surface area contributed by atoms with Crippen molar-refractivity contribution in [2.24, 2.45) is 0 Å². The minimum Gasteiger partial charge on any atom is -0.394 e. The van der Waals surface area contributed by atoms with Crippen LogP contribution in [0.3, 0.4) is 0 Å². The topological polar surface area (TPSA) is 149 Å². The molecule has 9 heteroatoms. The van der Waals surface area contributed by atoms with Gasteiger partial charge in [-0.25, -0.2) is 0 Å². The molecule has 0 aromatic rings. The van der Waals surface area contributed by atoms with E-state index in [1.165, 1.54) is 135 Å². The lowest BCUT2D eigenvalue weighted by atomic mass is 9.99. The molecule has 1 aliphatic heterocycles. The first-order valence-corrected chi connectivity index (χ1v) is 30.0. The Balaban J connectivity index is 2.26. The summed E-state index contributed by atoms with van der Waals surface area (Å²) < 4.78 is 11.3. The summed E-state index contributed by atoms with van der Waals surface area (Å²) in [5, 5.41) is 54.6. The summed E-state index contributed by atoms with van der Waals surface area (Å²) >= 11 is 0. The number of aliphatic hydroxyl groups excluding tert-OH is 5. The van der Waals surface area contributed by atoms with Gasteiger partial charge in [0.1, 0.15) is 24.4 Å². The summed E-state index contributed by atoms with van der Waals surface area (Å²) in [5.41, 5.74) is 0. The van der Waals surface area contributed by atoms with Crippen molar-refractivity contribution in [2.75, 3.05) is 13.2 Å². The van der Waals surface area contributed by atoms with Crippen molar-refractivity contribution in [3.63, 3.8) is 0 Å². The zero-order valence-corrected chi connectivity index (χ0v) is 46.6. The van der Waals surface area contributed by atoms with Gasteiger partial charge in [0.2, 0.25) is 5.91 Å². The van der Waals surface area contributed by atoms with Crippen LogP contribution in [0, 0.1) is 0 Å². The molecule has 0 bridgehead atoms. The lowest BCUT2D eigenvalue weighted by Gasteiger charge is -2.40. The van der Waals surface area contributed by atoms with Crippen molar-refractivity contribution in [3.05, 3.63) is 97.2 Å². The number of carbonyl (C=O) groups is 1. The van der Waals surface area contributed by atoms with Gasteiger partial charge >= 0.3 is 0 Å². The lowest BCUT2D eigenvalue weighted by Crippen LogP contribution is -2.60. The average molecular weight is 1020 g/mol. The van der Waals surface area contributed by atoms with Crippen molar-refractivity contribution in [3.8, 4) is 0 Å². The second-order valence-electron chi connectivity index (χ2n) is 20.4. The van der Waals surface area contributed by atoms with E-state index in [9.17, 15) is 30.3 Å². The highest BCUT2D eigenvalue weighted by Crippen LogP contribution is 2.23. The highest BCUT2D eigenvalue weighted by atomic mass is 16.7. The van der Waals surface area contributed by atoms with Gasteiger partial charge in [0.05, 0.1) is 25.4 Å². The zero-order valence-electron chi connectivity index (χ0n) is 46.6. The van der Waals surface area contributed by atoms with E-state index in [1.54, 1.807) is 6.08 Å². The Kier molecular flexibility index (Phi) is 49.0. The fourth-order valence-corrected chi connectivity index (χ4v) is 8.94. The van der Waals surface area contributed by atoms with Gasteiger partial charge in [-0.15, -0.1) is 0 Å². The molecule has 9 nitrogen and oxygen atoms in total. The SMILES string of the molecule is CC/C=C\C/C=C\C/C=C\C/C=C\C/C=C\C/C=C\CCCCCCCCCCC(=O)NC(COC1OC(CO)C(O)C(O)C1O)C(O)/C=C/CC/C=C/CCCCCCCCCCCCCCCCCCC. The number of rotatable bonds is 50. The van der Waals surface area contributed by atoms with Crippen LogP contribution >= 0.6 is 0 Å². The van der Waals surface area contributed by atoms with Crippen LogP contribution in [0.2, 0.25) is 0 Å². The lowest BCUT2D eigenvalue weighted by molar-refractivity contribution is -0.302. The molecule has 0 aliphatic carbocycles. The molecular weight excluding hydrogens is 911 g/mol. The van der Waals surface area contributed by atoms with Gasteiger partial charge in [-0.1, -0.05) is 252 Å². The van der Waals surface area contributed by atoms with E-state index in [-0.39, 0.29) is 12.5 Å². The summed E-state index contributed by atoms with van der Waals surface area (Å²) in [6.45, 7) is 3.66. The monoisotopic (exact) mass is 1020 g/mol. The molecule has 7 atom stereocenters. The summed E-state index contributed by atoms with van der Waals surface area (Å²) in [7, 11) is 0. The third-order valence-corrected chi connectivity index (χ3v) is 13.6. The van der Waals surface area contributed by atoms with Crippen LogP contribution in [0.4, 0.5) is 0 Å². The van der Waals surface area contributed by atoms with E-state index in [0.717, 1.165) is 89.9 Å². The van der Waals surface area contributed by atoms with Gasteiger partial charge in [0.15, 0.2) is 6.29 Å². The Hall–Kier alpha value is -2.89. The number of hydrogen-bond acceptors (Lipinski definition) is 8. The number of nitrogens with one attached hydrogen (secondary N) is 1. The number of amides is 1. The van der Waals surface area contributed by atoms with Gasteiger partial charge < -0.3 is 40.3 Å². The third kappa shape index (κ3) is 42.0. The highest BCUT2D eigenvalue weighted by molar-refractivity contribution is 5.76. The highest BCUT2D eigenvalue weighted by Gasteiger charge is 2.44. The number of ether oxygens (including phenoxy) is 2. The predicted octanol–water partition coefficient (Wildman–Crippen LogP) is 15.2. The van der Waals surface area contributed by atoms with Gasteiger partial charge in [-0.3, -0.25) is 4.79 Å². The van der Waals surface area contributed by atoms with Gasteiger partial charge in [0.25, 0.3) is 0 Å². The molecule has 1 fully saturated rings. The second-order valence-corrected chi connectivity index (χ2v) is 20.4. The van der Waals surface area contributed by atoms with Crippen LogP contribution in [0.1, 0.15) is 245 Å². The molecule has 1 rings (SSSR count). The van der Waals surface area contributed by atoms with E-state index < -0.39 is 49.5 Å². The van der Waals surface area contributed by atoms with Crippen molar-refractivity contribution >= 4 is 5.91 Å². The number of unbranched alkanes of at least 4 members (excludes halogenated alkanes) is 26. The van der Waals surface area contributed by atoms with Gasteiger partial charge in [0, 0.05) is 6.42 Å². The van der Waals surface area contributed by atoms with E-state index in [2.05, 4.69) is 104 Å². The first kappa shape index (κ1) is 68.1. The number of allylic oxidation sites excluding steroid dienone is 15. The summed E-state index contributed by atoms with van der Waals surface area (Å²) in [6, 6.07) is -0.834. The van der Waals surface area contributed by atoms with E-state index in [4.69, 9.17) is 9.47 Å². The molecule has 0 aromatic carbocycles. The molecular formula is C64H111NO8. The average Bonchev–Trinajstić information content (AvgIpc) is 3.39. The molecule has 1 aliphatic rings. The molecule has 1 amide bonds. The van der Waals surface area contributed by atoms with Crippen LogP contribution in [-0.2, 0) is 14.3 Å². The molecule has 420 valence electrons. The Labute approximate surface area is 447 Å². The van der Waals surface area contributed by atoms with Crippen LogP contribution in [0.15, 0.2) is 97.2 Å². The fraction of sp³-hybridized carbons (Fsp3) is 0.734. The number of carbonyl (C=O) groups excluding carboxylic acids is 1. The molecule has 7 unspecified atom stereocenters. The molecule has 1 saturated heterocycles. The summed E-state index contributed by atoms with van der Waals surface area (Å²) in [6.07, 6.45) is 69.0. The maximum absolute atomic E-state index is 13.1. The van der Waals surface area contributed by atoms with E-state index in [1.807, 2.05) is 6.08 Å². The molecule has 0 saturated carbocycles. The van der Waals surface area contributed by atoms with Crippen LogP contribution in [0.25, 0.3) is 0 Å². The minimum atomic E-state index is -1.58. The Bertz CT molecular complexity index is 1460. The normalized spacial score (nSPS) is 19.8. The largest absolute Gasteiger partial charge is 0.394 e. The van der Waals surface area contributed by atoms with Crippen LogP contribution in [0.5, 0.6) is 0 Å². The Morgan fingerprint density at radius 3 is 1.32 bits per heavy atom. The van der Waals surface area contributed by atoms with Gasteiger partial charge in [-0.2, -0.15) is 0 Å².